The van der Waals surface area contributed by atoms with E-state index in [1.165, 1.54) is 6.92 Å². The van der Waals surface area contributed by atoms with Crippen molar-refractivity contribution in [3.05, 3.63) is 102 Å². The number of aromatic nitrogens is 2. The molecule has 4 aromatic rings. The minimum Gasteiger partial charge on any atom is -0.354 e. The van der Waals surface area contributed by atoms with Crippen molar-refractivity contribution >= 4 is 11.8 Å². The summed E-state index contributed by atoms with van der Waals surface area (Å²) in [4.78, 5) is 24.8. The molecule has 0 bridgehead atoms. The predicted molar refractivity (Wildman–Crippen MR) is 130 cm³/mol. The Morgan fingerprint density at radius 1 is 0.909 bits per heavy atom. The van der Waals surface area contributed by atoms with E-state index < -0.39 is 0 Å². The van der Waals surface area contributed by atoms with Crippen LogP contribution in [0.5, 0.6) is 0 Å². The number of amides is 2. The van der Waals surface area contributed by atoms with Crippen molar-refractivity contribution in [3.63, 3.8) is 0 Å². The van der Waals surface area contributed by atoms with Crippen LogP contribution in [0.3, 0.4) is 0 Å². The Hall–Kier alpha value is -4.19. The molecule has 4 rings (SSSR count). The first kappa shape index (κ1) is 22.0. The van der Waals surface area contributed by atoms with E-state index in [-0.39, 0.29) is 17.9 Å². The monoisotopic (exact) mass is 438 g/mol. The van der Waals surface area contributed by atoms with Gasteiger partial charge in [-0.15, -0.1) is 0 Å². The standard InChI is InChI=1S/C27H26N4O2/c1-19(32)28-18-22(16-20-10-4-2-5-11-20)29-27(33)24-15-9-8-14-23(24)26-17-25(30-31-26)21-12-6-3-7-13-21/h2-15,17,22H,16,18H2,1H3,(H,28,32)(H,29,33)(H,30,31)/t22-/m1/s1. The second-order valence-electron chi connectivity index (χ2n) is 7.88. The van der Waals surface area contributed by atoms with Gasteiger partial charge in [-0.1, -0.05) is 78.9 Å². The molecule has 6 nitrogen and oxygen atoms in total. The molecule has 33 heavy (non-hydrogen) atoms. The number of rotatable bonds is 8. The van der Waals surface area contributed by atoms with Crippen molar-refractivity contribution in [2.75, 3.05) is 6.54 Å². The number of carbonyl (C=O) groups is 2. The molecule has 0 spiro atoms. The van der Waals surface area contributed by atoms with Crippen LogP contribution in [-0.2, 0) is 11.2 Å². The summed E-state index contributed by atoms with van der Waals surface area (Å²) >= 11 is 0. The number of nitrogens with one attached hydrogen (secondary N) is 3. The summed E-state index contributed by atoms with van der Waals surface area (Å²) in [7, 11) is 0. The van der Waals surface area contributed by atoms with Gasteiger partial charge >= 0.3 is 0 Å². The number of benzene rings is 3. The third-order valence-corrected chi connectivity index (χ3v) is 5.37. The van der Waals surface area contributed by atoms with Crippen LogP contribution < -0.4 is 10.6 Å². The van der Waals surface area contributed by atoms with Crippen LogP contribution in [0, 0.1) is 0 Å². The van der Waals surface area contributed by atoms with Crippen molar-refractivity contribution < 1.29 is 9.59 Å². The van der Waals surface area contributed by atoms with Crippen molar-refractivity contribution in [3.8, 4) is 22.5 Å². The molecule has 166 valence electrons. The third-order valence-electron chi connectivity index (χ3n) is 5.37. The number of carbonyl (C=O) groups excluding carboxylic acids is 2. The summed E-state index contributed by atoms with van der Waals surface area (Å²) in [5.74, 6) is -0.332. The molecule has 1 heterocycles. The van der Waals surface area contributed by atoms with Crippen molar-refractivity contribution in [1.29, 1.82) is 0 Å². The SMILES string of the molecule is CC(=O)NC[C@@H](Cc1ccccc1)NC(=O)c1ccccc1-c1cc(-c2ccccc2)n[nH]1. The fraction of sp³-hybridized carbons (Fsp3) is 0.148. The van der Waals surface area contributed by atoms with Crippen LogP contribution in [0.2, 0.25) is 0 Å². The highest BCUT2D eigenvalue weighted by molar-refractivity contribution is 6.00. The lowest BCUT2D eigenvalue weighted by atomic mass is 10.0. The smallest absolute Gasteiger partial charge is 0.252 e. The molecular formula is C27H26N4O2. The molecule has 6 heteroatoms. The van der Waals surface area contributed by atoms with Gasteiger partial charge in [0.15, 0.2) is 0 Å². The number of hydrogen-bond donors (Lipinski definition) is 3. The molecule has 2 amide bonds. The molecule has 1 aromatic heterocycles. The Morgan fingerprint density at radius 3 is 2.30 bits per heavy atom. The molecule has 0 aliphatic rings. The summed E-state index contributed by atoms with van der Waals surface area (Å²) in [6, 6.07) is 28.9. The highest BCUT2D eigenvalue weighted by Gasteiger charge is 2.19. The molecular weight excluding hydrogens is 412 g/mol. The maximum atomic E-state index is 13.3. The van der Waals surface area contributed by atoms with E-state index in [0.717, 1.165) is 28.1 Å². The number of hydrogen-bond acceptors (Lipinski definition) is 3. The van der Waals surface area contributed by atoms with E-state index in [0.29, 0.717) is 18.5 Å². The molecule has 0 fully saturated rings. The van der Waals surface area contributed by atoms with Crippen LogP contribution in [0.25, 0.3) is 22.5 Å². The van der Waals surface area contributed by atoms with Crippen LogP contribution in [0.15, 0.2) is 91.0 Å². The fourth-order valence-corrected chi connectivity index (χ4v) is 3.74. The Morgan fingerprint density at radius 2 is 1.58 bits per heavy atom. The second kappa shape index (κ2) is 10.4. The molecule has 3 aromatic carbocycles. The molecule has 0 radical (unpaired) electrons. The van der Waals surface area contributed by atoms with Gasteiger partial charge in [-0.05, 0) is 24.1 Å². The van der Waals surface area contributed by atoms with Crippen LogP contribution >= 0.6 is 0 Å². The maximum absolute atomic E-state index is 13.3. The predicted octanol–water partition coefficient (Wildman–Crippen LogP) is 4.22. The summed E-state index contributed by atoms with van der Waals surface area (Å²) in [5, 5.41) is 13.4. The molecule has 0 unspecified atom stereocenters. The van der Waals surface area contributed by atoms with E-state index in [1.54, 1.807) is 6.07 Å². The van der Waals surface area contributed by atoms with E-state index in [2.05, 4.69) is 20.8 Å². The van der Waals surface area contributed by atoms with Gasteiger partial charge in [0, 0.05) is 30.2 Å². The number of aromatic amines is 1. The van der Waals surface area contributed by atoms with Gasteiger partial charge in [0.25, 0.3) is 5.91 Å². The zero-order valence-electron chi connectivity index (χ0n) is 18.4. The molecule has 0 saturated heterocycles. The average Bonchev–Trinajstić information content (AvgIpc) is 3.34. The van der Waals surface area contributed by atoms with E-state index in [1.807, 2.05) is 84.9 Å². The van der Waals surface area contributed by atoms with Gasteiger partial charge in [-0.25, -0.2) is 0 Å². The zero-order valence-corrected chi connectivity index (χ0v) is 18.4. The maximum Gasteiger partial charge on any atom is 0.252 e. The largest absolute Gasteiger partial charge is 0.354 e. The summed E-state index contributed by atoms with van der Waals surface area (Å²) in [5.41, 5.74) is 4.97. The highest BCUT2D eigenvalue weighted by atomic mass is 16.2. The normalized spacial score (nSPS) is 11.5. The van der Waals surface area contributed by atoms with Crippen LogP contribution in [-0.4, -0.2) is 34.6 Å². The quantitative estimate of drug-likeness (QED) is 0.385. The lowest BCUT2D eigenvalue weighted by molar-refractivity contribution is -0.119. The lowest BCUT2D eigenvalue weighted by Crippen LogP contribution is -2.44. The van der Waals surface area contributed by atoms with Gasteiger partial charge in [-0.3, -0.25) is 14.7 Å². The van der Waals surface area contributed by atoms with E-state index in [9.17, 15) is 9.59 Å². The number of H-pyrrole nitrogens is 1. The van der Waals surface area contributed by atoms with Gasteiger partial charge in [0.2, 0.25) is 5.91 Å². The summed E-state index contributed by atoms with van der Waals surface area (Å²) < 4.78 is 0. The number of nitrogens with zero attached hydrogens (tertiary/aromatic N) is 1. The molecule has 3 N–H and O–H groups in total. The average molecular weight is 439 g/mol. The van der Waals surface area contributed by atoms with Crippen molar-refractivity contribution in [2.45, 2.75) is 19.4 Å². The van der Waals surface area contributed by atoms with Gasteiger partial charge in [0.05, 0.1) is 17.4 Å². The first-order valence-electron chi connectivity index (χ1n) is 10.9. The van der Waals surface area contributed by atoms with Crippen LogP contribution in [0.1, 0.15) is 22.8 Å². The van der Waals surface area contributed by atoms with E-state index >= 15 is 0 Å². The zero-order chi connectivity index (χ0) is 23.0. The first-order valence-corrected chi connectivity index (χ1v) is 10.9. The highest BCUT2D eigenvalue weighted by Crippen LogP contribution is 2.26. The summed E-state index contributed by atoms with van der Waals surface area (Å²) in [6.07, 6.45) is 0.608. The van der Waals surface area contributed by atoms with Gasteiger partial charge < -0.3 is 10.6 Å². The fourth-order valence-electron chi connectivity index (χ4n) is 3.74. The second-order valence-corrected chi connectivity index (χ2v) is 7.88. The molecule has 0 aliphatic heterocycles. The minimum absolute atomic E-state index is 0.131. The van der Waals surface area contributed by atoms with Crippen molar-refractivity contribution in [2.24, 2.45) is 0 Å². The first-order chi connectivity index (χ1) is 16.1. The molecule has 0 aliphatic carbocycles. The Balaban J connectivity index is 1.56. The Kier molecular flexibility index (Phi) is 6.95. The van der Waals surface area contributed by atoms with Gasteiger partial charge in [0.1, 0.15) is 0 Å². The summed E-state index contributed by atoms with van der Waals surface area (Å²) in [6.45, 7) is 1.82. The van der Waals surface area contributed by atoms with Crippen LogP contribution in [0.4, 0.5) is 0 Å². The molecule has 0 saturated carbocycles. The topological polar surface area (TPSA) is 86.9 Å². The van der Waals surface area contributed by atoms with Gasteiger partial charge in [-0.2, -0.15) is 5.10 Å². The minimum atomic E-state index is -0.251. The third kappa shape index (κ3) is 5.74. The lowest BCUT2D eigenvalue weighted by Gasteiger charge is -2.20. The van der Waals surface area contributed by atoms with E-state index in [4.69, 9.17) is 0 Å². The Bertz CT molecular complexity index is 1220. The van der Waals surface area contributed by atoms with Crippen molar-refractivity contribution in [1.82, 2.24) is 20.8 Å². The molecule has 1 atom stereocenters. The Labute approximate surface area is 193 Å².